The van der Waals surface area contributed by atoms with E-state index in [1.165, 1.54) is 11.1 Å². The summed E-state index contributed by atoms with van der Waals surface area (Å²) in [6.45, 7) is 7.25. The van der Waals surface area contributed by atoms with Gasteiger partial charge in [0.05, 0.1) is 19.3 Å². The summed E-state index contributed by atoms with van der Waals surface area (Å²) in [6.07, 6.45) is 0. The number of nitrogens with one attached hydrogen (secondary N) is 2. The minimum Gasteiger partial charge on any atom is -0.454 e. The topological polar surface area (TPSA) is 67.4 Å². The van der Waals surface area contributed by atoms with Gasteiger partial charge < -0.3 is 24.8 Å². The predicted octanol–water partition coefficient (Wildman–Crippen LogP) is 2.46. The monoisotopic (exact) mass is 410 g/mol. The van der Waals surface area contributed by atoms with Crippen molar-refractivity contribution < 1.29 is 14.2 Å². The lowest BCUT2D eigenvalue weighted by atomic mass is 10.0. The summed E-state index contributed by atoms with van der Waals surface area (Å²) in [7, 11) is 1.80. The maximum atomic E-state index is 5.55. The zero-order valence-electron chi connectivity index (χ0n) is 17.7. The smallest absolute Gasteiger partial charge is 0.231 e. The molecule has 0 amide bonds. The number of morpholine rings is 1. The maximum absolute atomic E-state index is 5.55. The summed E-state index contributed by atoms with van der Waals surface area (Å²) in [5, 5.41) is 6.90. The first-order valence-corrected chi connectivity index (χ1v) is 10.4. The number of hydrogen-bond donors (Lipinski definition) is 2. The molecule has 2 aromatic rings. The number of guanidine groups is 1. The van der Waals surface area contributed by atoms with Gasteiger partial charge in [-0.3, -0.25) is 9.89 Å². The highest BCUT2D eigenvalue weighted by molar-refractivity contribution is 5.79. The second kappa shape index (κ2) is 9.82. The van der Waals surface area contributed by atoms with Crippen LogP contribution in [0.15, 0.2) is 47.5 Å². The molecule has 1 atom stereocenters. The van der Waals surface area contributed by atoms with Crippen LogP contribution in [0.5, 0.6) is 11.5 Å². The van der Waals surface area contributed by atoms with Crippen LogP contribution in [0.25, 0.3) is 0 Å². The molecule has 1 unspecified atom stereocenters. The fourth-order valence-electron chi connectivity index (χ4n) is 3.79. The number of rotatable bonds is 6. The number of aliphatic imine (C=N–C) groups is 1. The molecular formula is C23H30N4O3. The minimum atomic E-state index is 0.263. The molecule has 0 saturated carbocycles. The van der Waals surface area contributed by atoms with Crippen LogP contribution in [0.1, 0.15) is 22.7 Å². The Morgan fingerprint density at radius 2 is 1.80 bits per heavy atom. The summed E-state index contributed by atoms with van der Waals surface area (Å²) in [6, 6.07) is 15.0. The van der Waals surface area contributed by atoms with Crippen LogP contribution in [0.4, 0.5) is 0 Å². The van der Waals surface area contributed by atoms with Crippen LogP contribution in [0.3, 0.4) is 0 Å². The van der Waals surface area contributed by atoms with Crippen LogP contribution in [-0.2, 0) is 11.3 Å². The third-order valence-electron chi connectivity index (χ3n) is 5.53. The van der Waals surface area contributed by atoms with E-state index in [4.69, 9.17) is 14.2 Å². The summed E-state index contributed by atoms with van der Waals surface area (Å²) in [4.78, 5) is 6.87. The Labute approximate surface area is 178 Å². The summed E-state index contributed by atoms with van der Waals surface area (Å²) in [5.74, 6) is 2.37. The van der Waals surface area contributed by atoms with Crippen molar-refractivity contribution in [1.82, 2.24) is 15.5 Å². The van der Waals surface area contributed by atoms with Gasteiger partial charge in [0.1, 0.15) is 0 Å². The number of hydrogen-bond acceptors (Lipinski definition) is 5. The lowest BCUT2D eigenvalue weighted by Gasteiger charge is -2.35. The molecule has 1 fully saturated rings. The predicted molar refractivity (Wildman–Crippen MR) is 117 cm³/mol. The normalized spacial score (nSPS) is 17.6. The van der Waals surface area contributed by atoms with Crippen molar-refractivity contribution in [3.63, 3.8) is 0 Å². The van der Waals surface area contributed by atoms with E-state index in [9.17, 15) is 0 Å². The Morgan fingerprint density at radius 1 is 1.03 bits per heavy atom. The van der Waals surface area contributed by atoms with E-state index < -0.39 is 0 Å². The number of aryl methyl sites for hydroxylation is 1. The average Bonchev–Trinajstić information content (AvgIpc) is 3.26. The van der Waals surface area contributed by atoms with Crippen molar-refractivity contribution in [1.29, 1.82) is 0 Å². The van der Waals surface area contributed by atoms with Crippen LogP contribution < -0.4 is 20.1 Å². The molecule has 2 N–H and O–H groups in total. The highest BCUT2D eigenvalue weighted by Gasteiger charge is 2.23. The Bertz CT molecular complexity index is 863. The van der Waals surface area contributed by atoms with E-state index in [-0.39, 0.29) is 12.8 Å². The molecule has 7 nitrogen and oxygen atoms in total. The first-order valence-electron chi connectivity index (χ1n) is 10.4. The molecule has 0 radical (unpaired) electrons. The van der Waals surface area contributed by atoms with Gasteiger partial charge in [0.25, 0.3) is 0 Å². The molecule has 0 aliphatic carbocycles. The third kappa shape index (κ3) is 5.04. The number of fused-ring (bicyclic) bond motifs is 1. The molecule has 0 bridgehead atoms. The van der Waals surface area contributed by atoms with E-state index in [0.717, 1.165) is 55.9 Å². The lowest BCUT2D eigenvalue weighted by molar-refractivity contribution is 0.0170. The lowest BCUT2D eigenvalue weighted by Crippen LogP contribution is -2.46. The molecular weight excluding hydrogens is 380 g/mol. The SMILES string of the molecule is CN=C(NCc1ccc2c(c1)OCO2)NCC(c1ccc(C)cc1)N1CCOCC1. The first-order chi connectivity index (χ1) is 14.7. The minimum absolute atomic E-state index is 0.263. The Morgan fingerprint density at radius 3 is 2.57 bits per heavy atom. The highest BCUT2D eigenvalue weighted by atomic mass is 16.7. The molecule has 1 saturated heterocycles. The van der Waals surface area contributed by atoms with E-state index in [0.29, 0.717) is 6.54 Å². The third-order valence-corrected chi connectivity index (χ3v) is 5.53. The molecule has 2 aliphatic rings. The zero-order valence-corrected chi connectivity index (χ0v) is 17.7. The van der Waals surface area contributed by atoms with Crippen molar-refractivity contribution in [2.24, 2.45) is 4.99 Å². The molecule has 2 heterocycles. The average molecular weight is 411 g/mol. The fraction of sp³-hybridized carbons (Fsp3) is 0.435. The summed E-state index contributed by atoms with van der Waals surface area (Å²) in [5.41, 5.74) is 3.69. The van der Waals surface area contributed by atoms with E-state index in [2.05, 4.69) is 51.7 Å². The van der Waals surface area contributed by atoms with Gasteiger partial charge >= 0.3 is 0 Å². The van der Waals surface area contributed by atoms with Gasteiger partial charge in [0, 0.05) is 33.2 Å². The van der Waals surface area contributed by atoms with Crippen molar-refractivity contribution in [2.45, 2.75) is 19.5 Å². The van der Waals surface area contributed by atoms with Crippen LogP contribution in [0, 0.1) is 6.92 Å². The molecule has 7 heteroatoms. The molecule has 0 spiro atoms. The highest BCUT2D eigenvalue weighted by Crippen LogP contribution is 2.32. The van der Waals surface area contributed by atoms with Gasteiger partial charge in [0.15, 0.2) is 17.5 Å². The van der Waals surface area contributed by atoms with Gasteiger partial charge in [-0.05, 0) is 30.2 Å². The van der Waals surface area contributed by atoms with Gasteiger partial charge in [-0.15, -0.1) is 0 Å². The standard InChI is InChI=1S/C23H30N4O3/c1-17-3-6-19(7-4-17)20(27-9-11-28-12-10-27)15-26-23(24-2)25-14-18-5-8-21-22(13-18)30-16-29-21/h3-8,13,20H,9-12,14-16H2,1-2H3,(H2,24,25,26). The number of ether oxygens (including phenoxy) is 3. The van der Waals surface area contributed by atoms with Gasteiger partial charge in [-0.2, -0.15) is 0 Å². The summed E-state index contributed by atoms with van der Waals surface area (Å²) < 4.78 is 16.4. The second-order valence-electron chi connectivity index (χ2n) is 7.57. The molecule has 0 aromatic heterocycles. The van der Waals surface area contributed by atoms with Gasteiger partial charge in [-0.25, -0.2) is 0 Å². The van der Waals surface area contributed by atoms with Crippen molar-refractivity contribution in [3.05, 3.63) is 59.2 Å². The summed E-state index contributed by atoms with van der Waals surface area (Å²) >= 11 is 0. The molecule has 160 valence electrons. The fourth-order valence-corrected chi connectivity index (χ4v) is 3.79. The van der Waals surface area contributed by atoms with E-state index in [1.54, 1.807) is 7.05 Å². The van der Waals surface area contributed by atoms with Crippen LogP contribution >= 0.6 is 0 Å². The van der Waals surface area contributed by atoms with Gasteiger partial charge in [-0.1, -0.05) is 35.9 Å². The number of nitrogens with zero attached hydrogens (tertiary/aromatic N) is 2. The van der Waals surface area contributed by atoms with Crippen LogP contribution in [-0.4, -0.2) is 57.5 Å². The Hall–Kier alpha value is -2.77. The second-order valence-corrected chi connectivity index (χ2v) is 7.57. The molecule has 2 aliphatic heterocycles. The maximum Gasteiger partial charge on any atom is 0.231 e. The van der Waals surface area contributed by atoms with Crippen LogP contribution in [0.2, 0.25) is 0 Å². The molecule has 2 aromatic carbocycles. The van der Waals surface area contributed by atoms with E-state index >= 15 is 0 Å². The molecule has 30 heavy (non-hydrogen) atoms. The van der Waals surface area contributed by atoms with E-state index in [1.807, 2.05) is 18.2 Å². The van der Waals surface area contributed by atoms with Crippen molar-refractivity contribution in [3.8, 4) is 11.5 Å². The molecule has 4 rings (SSSR count). The largest absolute Gasteiger partial charge is 0.454 e. The van der Waals surface area contributed by atoms with Crippen molar-refractivity contribution in [2.75, 3.05) is 46.7 Å². The number of benzene rings is 2. The quantitative estimate of drug-likeness (QED) is 0.563. The van der Waals surface area contributed by atoms with Gasteiger partial charge in [0.2, 0.25) is 6.79 Å². The zero-order chi connectivity index (χ0) is 20.8. The Kier molecular flexibility index (Phi) is 6.71. The first kappa shape index (κ1) is 20.5. The van der Waals surface area contributed by atoms with Crippen molar-refractivity contribution >= 4 is 5.96 Å². The Balaban J connectivity index is 1.37.